The molecule has 4 saturated carbocycles. The lowest BCUT2D eigenvalue weighted by Crippen LogP contribution is -2.26. The van der Waals surface area contributed by atoms with E-state index in [9.17, 15) is 23.6 Å². The van der Waals surface area contributed by atoms with Gasteiger partial charge in [0.25, 0.3) is 23.6 Å². The van der Waals surface area contributed by atoms with Crippen LogP contribution in [0.4, 0.5) is 10.2 Å². The molecule has 103 heavy (non-hydrogen) atoms. The van der Waals surface area contributed by atoms with E-state index in [1.165, 1.54) is 6.07 Å². The van der Waals surface area contributed by atoms with E-state index in [2.05, 4.69) is 66.5 Å². The van der Waals surface area contributed by atoms with Crippen LogP contribution in [0.15, 0.2) is 190 Å². The quantitative estimate of drug-likeness (QED) is 0.0622. The van der Waals surface area contributed by atoms with Gasteiger partial charge in [0.2, 0.25) is 0 Å². The summed E-state index contributed by atoms with van der Waals surface area (Å²) in [5, 5.41) is 25.4. The van der Waals surface area contributed by atoms with Gasteiger partial charge in [-0.15, -0.1) is 0 Å². The van der Waals surface area contributed by atoms with E-state index in [0.29, 0.717) is 57.6 Å². The third kappa shape index (κ3) is 17.6. The van der Waals surface area contributed by atoms with Crippen LogP contribution in [0.2, 0.25) is 5.02 Å². The summed E-state index contributed by atoms with van der Waals surface area (Å²) >= 11 is 6.21. The lowest BCUT2D eigenvalue weighted by Gasteiger charge is -2.11. The monoisotopic (exact) mass is 1400 g/mol. The Morgan fingerprint density at radius 3 is 1.50 bits per heavy atom. The fourth-order valence-corrected chi connectivity index (χ4v) is 11.3. The first-order valence-corrected chi connectivity index (χ1v) is 34.3. The van der Waals surface area contributed by atoms with Gasteiger partial charge in [-0.1, -0.05) is 29.8 Å². The van der Waals surface area contributed by atoms with Crippen LogP contribution in [0.5, 0.6) is 5.75 Å². The van der Waals surface area contributed by atoms with E-state index >= 15 is 0 Å². The maximum Gasteiger partial charge on any atom is 0.254 e. The molecule has 0 aliphatic heterocycles. The zero-order valence-electron chi connectivity index (χ0n) is 57.9. The van der Waals surface area contributed by atoms with E-state index in [4.69, 9.17) is 16.3 Å². The van der Waals surface area contributed by atoms with Crippen molar-refractivity contribution in [1.29, 1.82) is 0 Å². The number of hydrogen-bond donors (Lipinski definition) is 4. The molecule has 0 unspecified atom stereocenters. The number of anilines is 1. The number of methoxy groups -OCH3 is 1. The second-order valence-electron chi connectivity index (χ2n) is 26.2. The van der Waals surface area contributed by atoms with Gasteiger partial charge in [0, 0.05) is 120 Å². The number of nitrogens with zero attached hydrogens (tertiary/aromatic N) is 14. The minimum atomic E-state index is -0.654. The van der Waals surface area contributed by atoms with Crippen LogP contribution in [0.3, 0.4) is 0 Å². The molecule has 4 amide bonds. The van der Waals surface area contributed by atoms with Gasteiger partial charge in [-0.2, -0.15) is 15.3 Å². The van der Waals surface area contributed by atoms with Gasteiger partial charge in [0.05, 0.1) is 103 Å². The van der Waals surface area contributed by atoms with E-state index in [1.807, 2.05) is 161 Å². The molecule has 12 aromatic rings. The molecule has 8 aromatic heterocycles. The number of carbonyl (C=O) groups is 4. The summed E-state index contributed by atoms with van der Waals surface area (Å²) in [7, 11) is 5.40. The number of imidazole rings is 1. The number of pyridine rings is 3. The number of nitrogens with one attached hydrogen (secondary N) is 4. The molecule has 4 fully saturated rings. The number of amides is 4. The first-order valence-electron chi connectivity index (χ1n) is 33.9. The highest BCUT2D eigenvalue weighted by atomic mass is 35.5. The average molecular weight is 1400 g/mol. The van der Waals surface area contributed by atoms with Crippen LogP contribution in [0, 0.1) is 33.5 Å². The van der Waals surface area contributed by atoms with Gasteiger partial charge in [-0.25, -0.2) is 28.4 Å². The predicted octanol–water partition coefficient (Wildman–Crippen LogP) is 12.8. The second-order valence-corrected chi connectivity index (χ2v) is 26.6. The molecule has 4 N–H and O–H groups in total. The summed E-state index contributed by atoms with van der Waals surface area (Å²) in [5.74, 6) is 0.907. The van der Waals surface area contributed by atoms with E-state index in [1.54, 1.807) is 89.2 Å². The van der Waals surface area contributed by atoms with E-state index < -0.39 is 11.7 Å². The molecular weight excluding hydrogens is 1320 g/mol. The van der Waals surface area contributed by atoms with Gasteiger partial charge in [0.1, 0.15) is 17.4 Å². The minimum Gasteiger partial charge on any atom is -0.495 e. The Bertz CT molecular complexity index is 5090. The van der Waals surface area contributed by atoms with Crippen LogP contribution in [0.1, 0.15) is 115 Å². The number of carbonyl (C=O) groups excluding carboxylic acids is 4. The third-order valence-corrected chi connectivity index (χ3v) is 17.9. The number of halogens is 2. The number of ether oxygens (including phenoxy) is 1. The summed E-state index contributed by atoms with van der Waals surface area (Å²) in [6, 6.07) is 28.8. The molecule has 0 spiro atoms. The topological polar surface area (TPSA) is 265 Å². The Labute approximate surface area is 599 Å². The van der Waals surface area contributed by atoms with Crippen molar-refractivity contribution in [3.05, 3.63) is 246 Å². The van der Waals surface area contributed by atoms with E-state index in [-0.39, 0.29) is 34.3 Å². The largest absolute Gasteiger partial charge is 0.495 e. The number of aryl methyl sites for hydroxylation is 4. The van der Waals surface area contributed by atoms with Crippen molar-refractivity contribution < 1.29 is 28.3 Å². The van der Waals surface area contributed by atoms with Crippen molar-refractivity contribution in [3.63, 3.8) is 0 Å². The van der Waals surface area contributed by atoms with Gasteiger partial charge in [-0.3, -0.25) is 39.1 Å². The molecule has 4 aliphatic rings. The van der Waals surface area contributed by atoms with Crippen LogP contribution >= 0.6 is 11.6 Å². The fourth-order valence-electron chi connectivity index (χ4n) is 11.0. The first kappa shape index (κ1) is 69.4. The normalized spacial score (nSPS) is 13.6. The lowest BCUT2D eigenvalue weighted by molar-refractivity contribution is 0.0939. The molecule has 0 atom stereocenters. The van der Waals surface area contributed by atoms with Crippen molar-refractivity contribution in [2.75, 3.05) is 26.1 Å². The summed E-state index contributed by atoms with van der Waals surface area (Å²) < 4.78 is 26.4. The minimum absolute atomic E-state index is 0.000902. The summed E-state index contributed by atoms with van der Waals surface area (Å²) in [5.41, 5.74) is 15.9. The standard InChI is InChI=1S/C20H22N6O.C20H20N4O.C19H16ClFN4O2.C19H18N4O/c1-13-4-5-14(20(27)23-16-6-7-16)8-17(13)15-9-22-26(12-15)19-11-21-10-18(24-19)25(2)3;1-13-7-18(11-21-9-13)24-12-16(10-22-24)19-8-15(4-3-14(19)2)20(25)23-17-5-6-17;1-27-13-4-12(7-22-8-13)25-9-18(23-10-25)14-5-15(17(21)6-16(14)20)19(26)24-11-2-3-11;1-13-4-5-14(19(24)22-16-6-7-16)9-18(13)15-10-21-23(12-15)17-3-2-8-20-11-17/h4-5,8-12,16H,6-7H2,1-3H3,(H,23,27);3-4,7-12,17H,5-6H2,1-2H3,(H,23,25);4-11H,2-3H2,1H3,(H,24,26);2-5,8-12,16H,6-7H2,1H3,(H,22,24). The number of hydrogen-bond acceptors (Lipinski definition) is 15. The lowest BCUT2D eigenvalue weighted by atomic mass is 10.0. The van der Waals surface area contributed by atoms with Crippen LogP contribution < -0.4 is 30.9 Å². The maximum atomic E-state index is 14.2. The molecule has 0 bridgehead atoms. The van der Waals surface area contributed by atoms with Crippen molar-refractivity contribution in [2.45, 2.75) is 103 Å². The molecule has 16 rings (SSSR count). The molecule has 8 heterocycles. The highest BCUT2D eigenvalue weighted by Gasteiger charge is 2.29. The highest BCUT2D eigenvalue weighted by molar-refractivity contribution is 6.33. The van der Waals surface area contributed by atoms with Crippen molar-refractivity contribution >= 4 is 41.0 Å². The Kier molecular flexibility index (Phi) is 20.8. The number of rotatable bonds is 18. The molecule has 4 aliphatic carbocycles. The molecule has 0 saturated heterocycles. The van der Waals surface area contributed by atoms with Crippen LogP contribution in [0.25, 0.3) is 67.5 Å². The Hall–Kier alpha value is -12.1. The van der Waals surface area contributed by atoms with Crippen molar-refractivity contribution in [3.8, 4) is 73.3 Å². The Balaban J connectivity index is 0.000000122. The fraction of sp³-hybridized carbons (Fsp3) is 0.244. The average Bonchev–Trinajstić information content (AvgIpc) is 1.71. The van der Waals surface area contributed by atoms with Crippen molar-refractivity contribution in [1.82, 2.24) is 85.1 Å². The predicted molar refractivity (Wildman–Crippen MR) is 392 cm³/mol. The number of benzene rings is 4. The second kappa shape index (κ2) is 30.8. The summed E-state index contributed by atoms with van der Waals surface area (Å²) in [4.78, 5) is 76.7. The van der Waals surface area contributed by atoms with Gasteiger partial charge in [0.15, 0.2) is 5.82 Å². The SMILES string of the molecule is COc1cncc(-n2cnc(-c3cc(C(=O)NC4CC4)c(F)cc3Cl)c2)c1.Cc1ccc(C(=O)NC2CC2)cc1-c1cnn(-c2cccnc2)c1.Cc1ccc(C(=O)NC2CC2)cc1-c1cnn(-c2cncc(N(C)C)n2)c1.Cc1cncc(-n2cc(-c3cc(C(=O)NC4CC4)ccc3C)cn2)c1. The van der Waals surface area contributed by atoms with Gasteiger partial charge in [-0.05, 0) is 185 Å². The van der Waals surface area contributed by atoms with E-state index in [0.717, 1.165) is 136 Å². The highest BCUT2D eigenvalue weighted by Crippen LogP contribution is 2.34. The zero-order valence-corrected chi connectivity index (χ0v) is 58.7. The first-order chi connectivity index (χ1) is 49.9. The third-order valence-electron chi connectivity index (χ3n) is 17.6. The molecule has 522 valence electrons. The smallest absolute Gasteiger partial charge is 0.254 e. The Morgan fingerprint density at radius 1 is 0.505 bits per heavy atom. The number of aromatic nitrogens is 13. The van der Waals surface area contributed by atoms with Crippen LogP contribution in [-0.4, -0.2) is 133 Å². The van der Waals surface area contributed by atoms with Gasteiger partial charge >= 0.3 is 0 Å². The molecule has 0 radical (unpaired) electrons. The molecular formula is C78H76ClFN18O5. The molecule has 4 aromatic carbocycles. The molecule has 25 heteroatoms. The summed E-state index contributed by atoms with van der Waals surface area (Å²) in [6.07, 6.45) is 36.7. The maximum absolute atomic E-state index is 14.2. The van der Waals surface area contributed by atoms with Gasteiger partial charge < -0.3 is 35.5 Å². The molecule has 23 nitrogen and oxygen atoms in total. The van der Waals surface area contributed by atoms with Crippen molar-refractivity contribution in [2.24, 2.45) is 0 Å². The Morgan fingerprint density at radius 2 is 0.990 bits per heavy atom. The summed E-state index contributed by atoms with van der Waals surface area (Å²) in [6.45, 7) is 8.12. The zero-order chi connectivity index (χ0) is 71.8. The van der Waals surface area contributed by atoms with Crippen LogP contribution in [-0.2, 0) is 0 Å².